The largest absolute Gasteiger partial charge is 0.462 e. The lowest BCUT2D eigenvalue weighted by Gasteiger charge is -2.14. The molecule has 0 saturated carbocycles. The van der Waals surface area contributed by atoms with Crippen LogP contribution in [0.5, 0.6) is 0 Å². The second-order valence-corrected chi connectivity index (χ2v) is 6.94. The van der Waals surface area contributed by atoms with E-state index in [9.17, 15) is 14.4 Å². The number of fused-ring (bicyclic) bond motifs is 1. The minimum absolute atomic E-state index is 0.365. The Morgan fingerprint density at radius 3 is 2.38 bits per heavy atom. The predicted octanol–water partition coefficient (Wildman–Crippen LogP) is 4.60. The molecule has 0 fully saturated rings. The van der Waals surface area contributed by atoms with Crippen molar-refractivity contribution in [3.05, 3.63) is 63.6 Å². The Hall–Kier alpha value is -2.47. The number of hydrogen-bond acceptors (Lipinski definition) is 4. The number of carbonyl (C=O) groups is 3. The Morgan fingerprint density at radius 1 is 1.00 bits per heavy atom. The minimum Gasteiger partial charge on any atom is -0.462 e. The molecule has 0 aromatic heterocycles. The molecule has 2 amide bonds. The molecule has 0 N–H and O–H groups in total. The van der Waals surface area contributed by atoms with Crippen molar-refractivity contribution < 1.29 is 19.1 Å². The first-order valence-corrected chi connectivity index (χ1v) is 9.27. The van der Waals surface area contributed by atoms with Gasteiger partial charge in [0, 0.05) is 4.47 Å². The second-order valence-electron chi connectivity index (χ2n) is 6.03. The maximum Gasteiger partial charge on any atom is 0.338 e. The number of esters is 1. The van der Waals surface area contributed by atoms with Crippen LogP contribution in [0.25, 0.3) is 0 Å². The third-order valence-electron chi connectivity index (χ3n) is 4.19. The van der Waals surface area contributed by atoms with Gasteiger partial charge in [-0.3, -0.25) is 9.59 Å². The summed E-state index contributed by atoms with van der Waals surface area (Å²) in [5, 5.41) is 0. The molecule has 6 heteroatoms. The van der Waals surface area contributed by atoms with E-state index >= 15 is 0 Å². The van der Waals surface area contributed by atoms with Crippen LogP contribution in [0.2, 0.25) is 0 Å². The molecule has 1 aliphatic rings. The number of halogens is 1. The molecule has 1 heterocycles. The van der Waals surface area contributed by atoms with Crippen molar-refractivity contribution >= 4 is 39.4 Å². The van der Waals surface area contributed by atoms with E-state index in [-0.39, 0.29) is 11.8 Å². The molecular formula is C20H18BrNO4. The minimum atomic E-state index is -0.404. The molecular weight excluding hydrogens is 398 g/mol. The molecule has 0 aliphatic carbocycles. The van der Waals surface area contributed by atoms with E-state index in [1.165, 1.54) is 0 Å². The van der Waals surface area contributed by atoms with Crippen LogP contribution in [0.15, 0.2) is 46.9 Å². The average molecular weight is 416 g/mol. The number of rotatable bonds is 6. The van der Waals surface area contributed by atoms with Crippen LogP contribution in [0.3, 0.4) is 0 Å². The Bertz CT molecular complexity index is 861. The molecule has 0 spiro atoms. The van der Waals surface area contributed by atoms with Crippen LogP contribution >= 0.6 is 15.9 Å². The number of unbranched alkanes of at least 4 members (excludes halogenated alkanes) is 2. The Kier molecular flexibility index (Phi) is 5.52. The highest BCUT2D eigenvalue weighted by Crippen LogP contribution is 2.30. The summed E-state index contributed by atoms with van der Waals surface area (Å²) in [7, 11) is 0. The molecule has 2 aromatic carbocycles. The van der Waals surface area contributed by atoms with Crippen LogP contribution < -0.4 is 4.90 Å². The van der Waals surface area contributed by atoms with Gasteiger partial charge in [-0.05, 0) is 48.9 Å². The Morgan fingerprint density at radius 2 is 1.69 bits per heavy atom. The van der Waals surface area contributed by atoms with Gasteiger partial charge in [-0.15, -0.1) is 0 Å². The predicted molar refractivity (Wildman–Crippen MR) is 102 cm³/mol. The summed E-state index contributed by atoms with van der Waals surface area (Å²) in [6.45, 7) is 2.47. The number of amides is 2. The van der Waals surface area contributed by atoms with Gasteiger partial charge in [0.25, 0.3) is 11.8 Å². The normalized spacial score (nSPS) is 13.1. The SMILES string of the molecule is CCCCCOC(=O)c1ccc(N2C(=O)c3ccc(Br)cc3C2=O)cc1. The fourth-order valence-electron chi connectivity index (χ4n) is 2.79. The van der Waals surface area contributed by atoms with Gasteiger partial charge in [-0.2, -0.15) is 0 Å². The lowest BCUT2D eigenvalue weighted by molar-refractivity contribution is 0.0498. The van der Waals surface area contributed by atoms with Gasteiger partial charge < -0.3 is 4.74 Å². The molecule has 1 aliphatic heterocycles. The van der Waals surface area contributed by atoms with Gasteiger partial charge in [-0.1, -0.05) is 35.7 Å². The van der Waals surface area contributed by atoms with Gasteiger partial charge in [0.05, 0.1) is 29.0 Å². The van der Waals surface area contributed by atoms with E-state index in [1.807, 2.05) is 0 Å². The van der Waals surface area contributed by atoms with Crippen LogP contribution in [0.4, 0.5) is 5.69 Å². The van der Waals surface area contributed by atoms with Gasteiger partial charge in [0.2, 0.25) is 0 Å². The fourth-order valence-corrected chi connectivity index (χ4v) is 3.16. The molecule has 0 atom stereocenters. The lowest BCUT2D eigenvalue weighted by Crippen LogP contribution is -2.29. The number of anilines is 1. The monoisotopic (exact) mass is 415 g/mol. The van der Waals surface area contributed by atoms with Crippen LogP contribution in [0, 0.1) is 0 Å². The molecule has 0 saturated heterocycles. The molecule has 5 nitrogen and oxygen atoms in total. The molecule has 0 radical (unpaired) electrons. The summed E-state index contributed by atoms with van der Waals surface area (Å²) >= 11 is 3.31. The molecule has 26 heavy (non-hydrogen) atoms. The number of ether oxygens (including phenoxy) is 1. The number of hydrogen-bond donors (Lipinski definition) is 0. The van der Waals surface area contributed by atoms with Crippen molar-refractivity contribution in [1.29, 1.82) is 0 Å². The van der Waals surface area contributed by atoms with Gasteiger partial charge in [0.1, 0.15) is 0 Å². The van der Waals surface area contributed by atoms with Crippen molar-refractivity contribution in [3.8, 4) is 0 Å². The smallest absolute Gasteiger partial charge is 0.338 e. The summed E-state index contributed by atoms with van der Waals surface area (Å²) in [4.78, 5) is 38.2. The number of carbonyl (C=O) groups excluding carboxylic acids is 3. The lowest BCUT2D eigenvalue weighted by atomic mass is 10.1. The van der Waals surface area contributed by atoms with E-state index in [0.29, 0.717) is 29.0 Å². The summed E-state index contributed by atoms with van der Waals surface area (Å²) in [5.74, 6) is -1.15. The molecule has 134 valence electrons. The van der Waals surface area contributed by atoms with Crippen molar-refractivity contribution in [2.45, 2.75) is 26.2 Å². The topological polar surface area (TPSA) is 63.7 Å². The number of nitrogens with zero attached hydrogens (tertiary/aromatic N) is 1. The van der Waals surface area contributed by atoms with Crippen LogP contribution in [0.1, 0.15) is 57.3 Å². The Labute approximate surface area is 160 Å². The maximum absolute atomic E-state index is 12.6. The highest BCUT2D eigenvalue weighted by molar-refractivity contribution is 9.10. The third-order valence-corrected chi connectivity index (χ3v) is 4.68. The Balaban J connectivity index is 1.74. The first-order valence-electron chi connectivity index (χ1n) is 8.48. The van der Waals surface area contributed by atoms with E-state index in [4.69, 9.17) is 4.74 Å². The highest BCUT2D eigenvalue weighted by atomic mass is 79.9. The maximum atomic E-state index is 12.6. The quantitative estimate of drug-likeness (QED) is 0.392. The van der Waals surface area contributed by atoms with Crippen molar-refractivity contribution in [1.82, 2.24) is 0 Å². The second kappa shape index (κ2) is 7.83. The van der Waals surface area contributed by atoms with E-state index in [2.05, 4.69) is 22.9 Å². The molecule has 2 aromatic rings. The zero-order chi connectivity index (χ0) is 18.7. The van der Waals surface area contributed by atoms with E-state index in [1.54, 1.807) is 42.5 Å². The van der Waals surface area contributed by atoms with Crippen molar-refractivity contribution in [2.75, 3.05) is 11.5 Å². The van der Waals surface area contributed by atoms with Gasteiger partial charge in [-0.25, -0.2) is 9.69 Å². The number of benzene rings is 2. The standard InChI is InChI=1S/C20H18BrNO4/c1-2-3-4-11-26-20(25)13-5-8-15(9-6-13)22-18(23)16-10-7-14(21)12-17(16)19(22)24/h5-10,12H,2-4,11H2,1H3. The average Bonchev–Trinajstić information content (AvgIpc) is 2.89. The zero-order valence-electron chi connectivity index (χ0n) is 14.3. The highest BCUT2D eigenvalue weighted by Gasteiger charge is 2.36. The van der Waals surface area contributed by atoms with E-state index in [0.717, 1.165) is 28.6 Å². The first-order chi connectivity index (χ1) is 12.5. The number of imide groups is 1. The van der Waals surface area contributed by atoms with Crippen LogP contribution in [-0.4, -0.2) is 24.4 Å². The summed E-state index contributed by atoms with van der Waals surface area (Å²) in [5.41, 5.74) is 1.56. The third kappa shape index (κ3) is 3.55. The van der Waals surface area contributed by atoms with Gasteiger partial charge >= 0.3 is 5.97 Å². The molecule has 0 bridgehead atoms. The summed E-state index contributed by atoms with van der Waals surface area (Å²) in [6.07, 6.45) is 2.91. The summed E-state index contributed by atoms with van der Waals surface area (Å²) < 4.78 is 5.95. The zero-order valence-corrected chi connectivity index (χ0v) is 15.9. The van der Waals surface area contributed by atoms with Crippen LogP contribution in [-0.2, 0) is 4.74 Å². The van der Waals surface area contributed by atoms with Crippen molar-refractivity contribution in [2.24, 2.45) is 0 Å². The van der Waals surface area contributed by atoms with Gasteiger partial charge in [0.15, 0.2) is 0 Å². The van der Waals surface area contributed by atoms with E-state index < -0.39 is 5.97 Å². The summed E-state index contributed by atoms with van der Waals surface area (Å²) in [6, 6.07) is 11.3. The van der Waals surface area contributed by atoms with Crippen molar-refractivity contribution in [3.63, 3.8) is 0 Å². The molecule has 0 unspecified atom stereocenters. The molecule has 3 rings (SSSR count). The fraction of sp³-hybridized carbons (Fsp3) is 0.250. The first kappa shape index (κ1) is 18.3.